The third-order valence-corrected chi connectivity index (χ3v) is 6.09. The standard InChI is InChI=1S/C21H28N4OS/c1-5-9-23-18(8-10-22-4)17-12-27-20-19(17)24-13-25(21(20)26)16-7-6-14(2)15(3)11-16/h6-8,10-11,13-15,22-23H,5,9,12H2,1-4H3/b10-8-,18-17-. The Morgan fingerprint density at radius 3 is 2.93 bits per heavy atom. The van der Waals surface area contributed by atoms with Crippen LogP contribution in [0.15, 0.2) is 52.2 Å². The van der Waals surface area contributed by atoms with Gasteiger partial charge in [0.15, 0.2) is 0 Å². The van der Waals surface area contributed by atoms with Gasteiger partial charge in [-0.1, -0.05) is 32.9 Å². The maximum absolute atomic E-state index is 13.1. The van der Waals surface area contributed by atoms with Gasteiger partial charge in [-0.25, -0.2) is 4.98 Å². The molecule has 0 fully saturated rings. The van der Waals surface area contributed by atoms with Crippen molar-refractivity contribution < 1.29 is 0 Å². The Labute approximate surface area is 165 Å². The summed E-state index contributed by atoms with van der Waals surface area (Å²) in [5, 5.41) is 6.49. The molecule has 0 amide bonds. The Balaban J connectivity index is 2.02. The van der Waals surface area contributed by atoms with E-state index in [1.165, 1.54) is 0 Å². The van der Waals surface area contributed by atoms with Crippen molar-refractivity contribution in [2.45, 2.75) is 32.1 Å². The molecule has 1 aliphatic carbocycles. The van der Waals surface area contributed by atoms with E-state index in [1.807, 2.05) is 25.4 Å². The fraction of sp³-hybridized carbons (Fsp3) is 0.429. The molecule has 2 heterocycles. The molecular weight excluding hydrogens is 356 g/mol. The third-order valence-electron chi connectivity index (χ3n) is 5.00. The first-order valence-corrected chi connectivity index (χ1v) is 10.5. The maximum Gasteiger partial charge on any atom is 0.272 e. The molecule has 0 saturated heterocycles. The lowest BCUT2D eigenvalue weighted by Crippen LogP contribution is -2.23. The molecule has 1 aromatic heterocycles. The maximum atomic E-state index is 13.1. The van der Waals surface area contributed by atoms with Crippen LogP contribution in [0.5, 0.6) is 0 Å². The SMILES string of the molecule is CCCNC(/C=C\NC)=C1/CSc2c1ncn(C1=CC(C)C(C)C=C1)c2=O. The summed E-state index contributed by atoms with van der Waals surface area (Å²) in [6.07, 6.45) is 13.0. The van der Waals surface area contributed by atoms with Crippen molar-refractivity contribution >= 4 is 23.0 Å². The van der Waals surface area contributed by atoms with Gasteiger partial charge in [0, 0.05) is 36.3 Å². The number of thioether (sulfide) groups is 1. The lowest BCUT2D eigenvalue weighted by Gasteiger charge is -2.20. The molecule has 0 spiro atoms. The van der Waals surface area contributed by atoms with Gasteiger partial charge in [-0.2, -0.15) is 0 Å². The second-order valence-electron chi connectivity index (χ2n) is 7.00. The number of fused-ring (bicyclic) bond motifs is 1. The molecule has 0 radical (unpaired) electrons. The van der Waals surface area contributed by atoms with Gasteiger partial charge >= 0.3 is 0 Å². The average Bonchev–Trinajstić information content (AvgIpc) is 3.09. The van der Waals surface area contributed by atoms with E-state index in [9.17, 15) is 4.79 Å². The minimum atomic E-state index is 0.0186. The summed E-state index contributed by atoms with van der Waals surface area (Å²) in [7, 11) is 1.88. The molecule has 0 saturated carbocycles. The van der Waals surface area contributed by atoms with Gasteiger partial charge in [0.2, 0.25) is 0 Å². The number of allylic oxidation sites excluding steroid dienone is 5. The number of hydrogen-bond donors (Lipinski definition) is 2. The van der Waals surface area contributed by atoms with E-state index in [0.29, 0.717) is 11.8 Å². The van der Waals surface area contributed by atoms with Crippen molar-refractivity contribution in [2.24, 2.45) is 11.8 Å². The Hall–Kier alpha value is -2.21. The highest BCUT2D eigenvalue weighted by Crippen LogP contribution is 2.37. The van der Waals surface area contributed by atoms with Crippen LogP contribution in [0.3, 0.4) is 0 Å². The van der Waals surface area contributed by atoms with Gasteiger partial charge in [0.25, 0.3) is 5.56 Å². The molecule has 5 nitrogen and oxygen atoms in total. The first-order chi connectivity index (χ1) is 13.1. The predicted molar refractivity (Wildman–Crippen MR) is 114 cm³/mol. The van der Waals surface area contributed by atoms with Gasteiger partial charge < -0.3 is 10.6 Å². The van der Waals surface area contributed by atoms with Crippen LogP contribution in [0.25, 0.3) is 11.3 Å². The van der Waals surface area contributed by atoms with Crippen LogP contribution in [0, 0.1) is 11.8 Å². The zero-order chi connectivity index (χ0) is 19.4. The second kappa shape index (κ2) is 8.65. The van der Waals surface area contributed by atoms with Crippen LogP contribution in [0.4, 0.5) is 0 Å². The Morgan fingerprint density at radius 1 is 1.41 bits per heavy atom. The summed E-state index contributed by atoms with van der Waals surface area (Å²) in [6.45, 7) is 7.39. The predicted octanol–water partition coefficient (Wildman–Crippen LogP) is 3.48. The zero-order valence-corrected chi connectivity index (χ0v) is 17.3. The van der Waals surface area contributed by atoms with Gasteiger partial charge in [-0.05, 0) is 36.6 Å². The molecular formula is C21H28N4OS. The van der Waals surface area contributed by atoms with E-state index in [0.717, 1.165) is 46.3 Å². The van der Waals surface area contributed by atoms with Crippen LogP contribution >= 0.6 is 11.8 Å². The van der Waals surface area contributed by atoms with Crippen molar-refractivity contribution in [3.8, 4) is 0 Å². The average molecular weight is 385 g/mol. The van der Waals surface area contributed by atoms with E-state index >= 15 is 0 Å². The number of rotatable bonds is 6. The zero-order valence-electron chi connectivity index (χ0n) is 16.5. The van der Waals surface area contributed by atoms with Crippen LogP contribution in [0.1, 0.15) is 32.9 Å². The monoisotopic (exact) mass is 384 g/mol. The van der Waals surface area contributed by atoms with Crippen molar-refractivity contribution in [1.29, 1.82) is 0 Å². The molecule has 144 valence electrons. The Morgan fingerprint density at radius 2 is 2.22 bits per heavy atom. The quantitative estimate of drug-likeness (QED) is 0.786. The summed E-state index contributed by atoms with van der Waals surface area (Å²) >= 11 is 1.58. The van der Waals surface area contributed by atoms with Gasteiger partial charge in [-0.15, -0.1) is 11.8 Å². The first-order valence-electron chi connectivity index (χ1n) is 9.52. The number of nitrogens with zero attached hydrogens (tertiary/aromatic N) is 2. The second-order valence-corrected chi connectivity index (χ2v) is 7.98. The Bertz CT molecular complexity index is 879. The molecule has 0 aromatic carbocycles. The summed E-state index contributed by atoms with van der Waals surface area (Å²) in [5.41, 5.74) is 3.86. The topological polar surface area (TPSA) is 59.0 Å². The normalized spacial score (nSPS) is 23.3. The minimum Gasteiger partial charge on any atom is -0.394 e. The largest absolute Gasteiger partial charge is 0.394 e. The Kier molecular flexibility index (Phi) is 6.26. The summed E-state index contributed by atoms with van der Waals surface area (Å²) in [5.74, 6) is 1.65. The van der Waals surface area contributed by atoms with Gasteiger partial charge in [-0.3, -0.25) is 9.36 Å². The molecule has 3 rings (SSSR count). The molecule has 6 heteroatoms. The molecule has 0 bridgehead atoms. The highest BCUT2D eigenvalue weighted by atomic mass is 32.2. The highest BCUT2D eigenvalue weighted by Gasteiger charge is 2.26. The number of hydrogen-bond acceptors (Lipinski definition) is 5. The molecule has 27 heavy (non-hydrogen) atoms. The van der Waals surface area contributed by atoms with E-state index in [4.69, 9.17) is 0 Å². The van der Waals surface area contributed by atoms with Crippen molar-refractivity contribution in [3.05, 3.63) is 58.6 Å². The van der Waals surface area contributed by atoms with E-state index in [2.05, 4.69) is 48.5 Å². The molecule has 1 aromatic rings. The lowest BCUT2D eigenvalue weighted by molar-refractivity contribution is 0.551. The van der Waals surface area contributed by atoms with E-state index in [-0.39, 0.29) is 5.56 Å². The number of aromatic nitrogens is 2. The van der Waals surface area contributed by atoms with Crippen molar-refractivity contribution in [1.82, 2.24) is 20.2 Å². The fourth-order valence-electron chi connectivity index (χ4n) is 3.14. The molecule has 1 aliphatic heterocycles. The molecule has 2 aliphatic rings. The van der Waals surface area contributed by atoms with Crippen molar-refractivity contribution in [2.75, 3.05) is 19.3 Å². The highest BCUT2D eigenvalue weighted by molar-refractivity contribution is 8.00. The third kappa shape index (κ3) is 4.05. The van der Waals surface area contributed by atoms with Crippen LogP contribution < -0.4 is 16.2 Å². The molecule has 2 unspecified atom stereocenters. The van der Waals surface area contributed by atoms with E-state index in [1.54, 1.807) is 22.7 Å². The summed E-state index contributed by atoms with van der Waals surface area (Å²) in [4.78, 5) is 18.5. The lowest BCUT2D eigenvalue weighted by atomic mass is 9.90. The van der Waals surface area contributed by atoms with Crippen LogP contribution in [-0.2, 0) is 0 Å². The van der Waals surface area contributed by atoms with Crippen molar-refractivity contribution in [3.63, 3.8) is 0 Å². The smallest absolute Gasteiger partial charge is 0.272 e. The van der Waals surface area contributed by atoms with E-state index < -0.39 is 0 Å². The van der Waals surface area contributed by atoms with Crippen LogP contribution in [0.2, 0.25) is 0 Å². The number of nitrogens with one attached hydrogen (secondary N) is 2. The molecule has 2 N–H and O–H groups in total. The summed E-state index contributed by atoms with van der Waals surface area (Å²) in [6, 6.07) is 0. The van der Waals surface area contributed by atoms with Crippen LogP contribution in [-0.4, -0.2) is 28.9 Å². The summed E-state index contributed by atoms with van der Waals surface area (Å²) < 4.78 is 1.68. The minimum absolute atomic E-state index is 0.0186. The van der Waals surface area contributed by atoms with Gasteiger partial charge in [0.1, 0.15) is 6.33 Å². The molecule has 2 atom stereocenters. The van der Waals surface area contributed by atoms with Gasteiger partial charge in [0.05, 0.1) is 10.6 Å². The first kappa shape index (κ1) is 19.5. The fourth-order valence-corrected chi connectivity index (χ4v) is 4.26.